The van der Waals surface area contributed by atoms with Crippen molar-refractivity contribution in [1.29, 1.82) is 0 Å². The molecule has 0 saturated carbocycles. The zero-order valence-electron chi connectivity index (χ0n) is 29.5. The Morgan fingerprint density at radius 2 is 0.440 bits per heavy atom. The molecule has 8 rings (SSSR count). The van der Waals surface area contributed by atoms with Crippen LogP contribution in [0.5, 0.6) is 0 Å². The smallest absolute Gasteiger partial charge is 0.0623 e. The summed E-state index contributed by atoms with van der Waals surface area (Å²) in [5.74, 6) is 0. The summed E-state index contributed by atoms with van der Waals surface area (Å²) in [7, 11) is 0. The lowest BCUT2D eigenvalue weighted by atomic mass is 10.0. The third kappa shape index (κ3) is 6.56. The van der Waals surface area contributed by atoms with Gasteiger partial charge in [0.05, 0.1) is 2.74 Å². The van der Waals surface area contributed by atoms with Crippen molar-refractivity contribution in [1.82, 2.24) is 0 Å². The normalized spacial score (nSPS) is 11.4. The van der Waals surface area contributed by atoms with Gasteiger partial charge in [0.25, 0.3) is 0 Å². The van der Waals surface area contributed by atoms with Crippen molar-refractivity contribution in [2.75, 3.05) is 9.80 Å². The predicted octanol–water partition coefficient (Wildman–Crippen LogP) is 13.6. The average molecular weight is 643 g/mol. The minimum absolute atomic E-state index is 0.484. The van der Waals surface area contributed by atoms with Crippen LogP contribution < -0.4 is 9.80 Å². The van der Waals surface area contributed by atoms with E-state index in [4.69, 9.17) is 2.74 Å². The highest BCUT2D eigenvalue weighted by Gasteiger charge is 2.15. The molecule has 2 heteroatoms. The van der Waals surface area contributed by atoms with Crippen LogP contribution in [0.15, 0.2) is 218 Å². The Balaban J connectivity index is 1.09. The monoisotopic (exact) mass is 642 g/mol. The minimum atomic E-state index is 0.484. The molecular formula is C48H36N2. The van der Waals surface area contributed by atoms with Crippen LogP contribution in [0.4, 0.5) is 34.1 Å². The van der Waals surface area contributed by atoms with Crippen LogP contribution in [-0.2, 0) is 0 Å². The maximum atomic E-state index is 8.05. The molecule has 0 saturated heterocycles. The number of para-hydroxylation sites is 2. The molecule has 0 fully saturated rings. The summed E-state index contributed by atoms with van der Waals surface area (Å²) in [5, 5.41) is 0. The lowest BCUT2D eigenvalue weighted by Crippen LogP contribution is -2.10. The number of rotatable bonds is 9. The summed E-state index contributed by atoms with van der Waals surface area (Å²) in [6, 6.07) is 71.7. The van der Waals surface area contributed by atoms with Crippen LogP contribution in [0.1, 0.15) is 2.74 Å². The molecule has 0 amide bonds. The first-order valence-electron chi connectivity index (χ1n) is 17.8. The molecule has 0 spiro atoms. The molecule has 0 atom stereocenters. The molecule has 50 heavy (non-hydrogen) atoms. The first kappa shape index (κ1) is 28.4. The third-order valence-electron chi connectivity index (χ3n) is 8.97. The molecule has 238 valence electrons. The Morgan fingerprint density at radius 3 is 0.700 bits per heavy atom. The van der Waals surface area contributed by atoms with E-state index in [1.165, 1.54) is 22.3 Å². The molecule has 2 nitrogen and oxygen atoms in total. The zero-order chi connectivity index (χ0) is 35.3. The van der Waals surface area contributed by atoms with Gasteiger partial charge in [0.1, 0.15) is 0 Å². The highest BCUT2D eigenvalue weighted by molar-refractivity contribution is 5.82. The molecule has 0 unspecified atom stereocenters. The van der Waals surface area contributed by atoms with Gasteiger partial charge < -0.3 is 9.80 Å². The van der Waals surface area contributed by atoms with E-state index in [9.17, 15) is 0 Å². The van der Waals surface area contributed by atoms with Gasteiger partial charge >= 0.3 is 0 Å². The third-order valence-corrected chi connectivity index (χ3v) is 8.97. The molecule has 8 aromatic rings. The summed E-state index contributed by atoms with van der Waals surface area (Å²) < 4.78 is 16.1. The highest BCUT2D eigenvalue weighted by Crippen LogP contribution is 2.39. The van der Waals surface area contributed by atoms with E-state index in [0.29, 0.717) is 12.1 Å². The summed E-state index contributed by atoms with van der Waals surface area (Å²) in [5.41, 5.74) is 13.1. The maximum Gasteiger partial charge on any atom is 0.0623 e. The van der Waals surface area contributed by atoms with Gasteiger partial charge in [-0.2, -0.15) is 0 Å². The average Bonchev–Trinajstić information content (AvgIpc) is 3.21. The van der Waals surface area contributed by atoms with Gasteiger partial charge in [-0.1, -0.05) is 146 Å². The fraction of sp³-hybridized carbons (Fsp3) is 0. The van der Waals surface area contributed by atoms with Crippen LogP contribution >= 0.6 is 0 Å². The van der Waals surface area contributed by atoms with Crippen molar-refractivity contribution in [3.8, 4) is 33.4 Å². The molecule has 0 heterocycles. The molecule has 0 aliphatic rings. The molecule has 0 radical (unpaired) electrons. The van der Waals surface area contributed by atoms with Crippen molar-refractivity contribution in [3.05, 3.63) is 218 Å². The number of hydrogen-bond acceptors (Lipinski definition) is 2. The fourth-order valence-electron chi connectivity index (χ4n) is 6.42. The molecule has 8 aromatic carbocycles. The first-order valence-corrected chi connectivity index (χ1v) is 16.8. The topological polar surface area (TPSA) is 6.48 Å². The van der Waals surface area contributed by atoms with Gasteiger partial charge in [0, 0.05) is 34.1 Å². The van der Waals surface area contributed by atoms with Gasteiger partial charge in [0.15, 0.2) is 0 Å². The van der Waals surface area contributed by atoms with Crippen molar-refractivity contribution >= 4 is 34.1 Å². The van der Waals surface area contributed by atoms with Gasteiger partial charge in [-0.05, 0) is 106 Å². The van der Waals surface area contributed by atoms with Gasteiger partial charge in [0.2, 0.25) is 0 Å². The van der Waals surface area contributed by atoms with Gasteiger partial charge in [-0.25, -0.2) is 0 Å². The van der Waals surface area contributed by atoms with Crippen molar-refractivity contribution in [3.63, 3.8) is 0 Å². The molecule has 0 aliphatic heterocycles. The number of anilines is 6. The van der Waals surface area contributed by atoms with Crippen LogP contribution in [-0.4, -0.2) is 0 Å². The molecule has 0 aromatic heterocycles. The first-order chi connectivity index (χ1) is 25.6. The quantitative estimate of drug-likeness (QED) is 0.155. The Morgan fingerprint density at radius 1 is 0.220 bits per heavy atom. The lowest BCUT2D eigenvalue weighted by Gasteiger charge is -2.26. The SMILES string of the molecule is [2H]c1ccc(N(c2ccc(-c3ccccc3)cc2)c2ccc(-c3ccc(N(c4ccc([2H])cc4)c4ccc(-c5ccccc5)cc4)cc3)cc2)cc1. The van der Waals surface area contributed by atoms with Crippen LogP contribution in [0, 0.1) is 0 Å². The summed E-state index contributed by atoms with van der Waals surface area (Å²) in [6.45, 7) is 0. The Labute approximate surface area is 297 Å². The maximum absolute atomic E-state index is 8.05. The molecule has 0 aliphatic carbocycles. The van der Waals surface area contributed by atoms with Crippen LogP contribution in [0.3, 0.4) is 0 Å². The number of hydrogen-bond donors (Lipinski definition) is 0. The van der Waals surface area contributed by atoms with Crippen LogP contribution in [0.2, 0.25) is 0 Å². The Kier molecular flexibility index (Phi) is 8.08. The number of nitrogens with zero attached hydrogens (tertiary/aromatic N) is 2. The van der Waals surface area contributed by atoms with Gasteiger partial charge in [-0.3, -0.25) is 0 Å². The van der Waals surface area contributed by atoms with E-state index in [1.807, 2.05) is 60.7 Å². The standard InChI is InChI=1S/C48H36N2/c1-5-13-37(14-6-1)39-21-29-45(30-22-39)49(43-17-9-3-10-18-43)47-33-25-41(26-34-47)42-27-35-48(36-28-42)50(44-19-11-4-12-20-44)46-31-23-40(24-32-46)38-15-7-2-8-16-38/h1-36H/i3D,4D. The Hall–Kier alpha value is -6.64. The predicted molar refractivity (Wildman–Crippen MR) is 212 cm³/mol. The fourth-order valence-corrected chi connectivity index (χ4v) is 6.42. The lowest BCUT2D eigenvalue weighted by molar-refractivity contribution is 1.28. The largest absolute Gasteiger partial charge is 0.311 e. The van der Waals surface area contributed by atoms with Crippen molar-refractivity contribution < 1.29 is 2.74 Å². The van der Waals surface area contributed by atoms with E-state index < -0.39 is 0 Å². The molecule has 0 N–H and O–H groups in total. The van der Waals surface area contributed by atoms with E-state index in [-0.39, 0.29) is 0 Å². The second-order valence-electron chi connectivity index (χ2n) is 12.1. The summed E-state index contributed by atoms with van der Waals surface area (Å²) >= 11 is 0. The van der Waals surface area contributed by atoms with E-state index >= 15 is 0 Å². The molecular weight excluding hydrogens is 605 g/mol. The van der Waals surface area contributed by atoms with Crippen LogP contribution in [0.25, 0.3) is 33.4 Å². The van der Waals surface area contributed by atoms with E-state index in [2.05, 4.69) is 155 Å². The summed E-state index contributed by atoms with van der Waals surface area (Å²) in [4.78, 5) is 4.45. The highest BCUT2D eigenvalue weighted by atomic mass is 15.1. The summed E-state index contributed by atoms with van der Waals surface area (Å²) in [6.07, 6.45) is 0. The molecule has 0 bridgehead atoms. The second-order valence-corrected chi connectivity index (χ2v) is 12.1. The van der Waals surface area contributed by atoms with Gasteiger partial charge in [-0.15, -0.1) is 0 Å². The minimum Gasteiger partial charge on any atom is -0.311 e. The Bertz CT molecular complexity index is 2180. The second kappa shape index (κ2) is 14.2. The van der Waals surface area contributed by atoms with E-state index in [0.717, 1.165) is 45.3 Å². The zero-order valence-corrected chi connectivity index (χ0v) is 27.5. The number of benzene rings is 8. The van der Waals surface area contributed by atoms with Crippen molar-refractivity contribution in [2.45, 2.75) is 0 Å². The van der Waals surface area contributed by atoms with E-state index in [1.54, 1.807) is 0 Å². The van der Waals surface area contributed by atoms with Crippen molar-refractivity contribution in [2.24, 2.45) is 0 Å².